The Kier molecular flexibility index (Phi) is 3.22. The van der Waals surface area contributed by atoms with Crippen LogP contribution in [0.1, 0.15) is 59.3 Å². The van der Waals surface area contributed by atoms with Crippen molar-refractivity contribution in [3.05, 3.63) is 0 Å². The van der Waals surface area contributed by atoms with Gasteiger partial charge in [0.1, 0.15) is 0 Å². The minimum atomic E-state index is 0.369. The second-order valence-electron chi connectivity index (χ2n) is 7.96. The molecule has 0 atom stereocenters. The lowest BCUT2D eigenvalue weighted by atomic mass is 9.76. The maximum absolute atomic E-state index is 2.82. The number of nitrogens with zero attached hydrogens (tertiary/aromatic N) is 2. The first-order chi connectivity index (χ1) is 8.49. The van der Waals surface area contributed by atoms with Gasteiger partial charge in [-0.15, -0.1) is 0 Å². The zero-order valence-corrected chi connectivity index (χ0v) is 12.5. The molecule has 0 N–H and O–H groups in total. The first-order valence-electron chi connectivity index (χ1n) is 7.98. The number of rotatable bonds is 1. The fraction of sp³-hybridized carbons (Fsp3) is 1.00. The van der Waals surface area contributed by atoms with E-state index >= 15 is 0 Å². The lowest BCUT2D eigenvalue weighted by Crippen LogP contribution is -2.50. The third-order valence-electron chi connectivity index (χ3n) is 5.83. The summed E-state index contributed by atoms with van der Waals surface area (Å²) in [5, 5.41) is 0. The minimum Gasteiger partial charge on any atom is -0.300 e. The van der Waals surface area contributed by atoms with Crippen molar-refractivity contribution in [1.29, 1.82) is 0 Å². The van der Waals surface area contributed by atoms with Crippen LogP contribution in [0.3, 0.4) is 0 Å². The highest BCUT2D eigenvalue weighted by molar-refractivity contribution is 4.98. The van der Waals surface area contributed by atoms with E-state index in [-0.39, 0.29) is 0 Å². The molecule has 0 aromatic carbocycles. The van der Waals surface area contributed by atoms with E-state index in [0.717, 1.165) is 6.04 Å². The molecule has 2 heteroatoms. The van der Waals surface area contributed by atoms with Gasteiger partial charge in [0, 0.05) is 18.1 Å². The molecule has 0 aromatic rings. The Morgan fingerprint density at radius 3 is 2.06 bits per heavy atom. The summed E-state index contributed by atoms with van der Waals surface area (Å²) in [6, 6.07) is 0.963. The standard InChI is InChI=1S/C16H30N2/c1-15(2,3)18-11-8-16(9-12-18)7-10-17(13-16)14-5-4-6-14/h14H,4-13H2,1-3H3. The molecule has 2 heterocycles. The Morgan fingerprint density at radius 2 is 1.56 bits per heavy atom. The van der Waals surface area contributed by atoms with Gasteiger partial charge in [0.25, 0.3) is 0 Å². The summed E-state index contributed by atoms with van der Waals surface area (Å²) in [6.07, 6.45) is 8.78. The van der Waals surface area contributed by atoms with Crippen LogP contribution in [0, 0.1) is 5.41 Å². The van der Waals surface area contributed by atoms with Crippen molar-refractivity contribution < 1.29 is 0 Å². The largest absolute Gasteiger partial charge is 0.300 e. The van der Waals surface area contributed by atoms with Gasteiger partial charge in [-0.3, -0.25) is 9.80 Å². The maximum Gasteiger partial charge on any atom is 0.0125 e. The van der Waals surface area contributed by atoms with E-state index in [9.17, 15) is 0 Å². The Hall–Kier alpha value is -0.0800. The average Bonchev–Trinajstić information content (AvgIpc) is 2.59. The third kappa shape index (κ3) is 2.34. The van der Waals surface area contributed by atoms with Crippen LogP contribution in [0.5, 0.6) is 0 Å². The summed E-state index contributed by atoms with van der Waals surface area (Å²) < 4.78 is 0. The molecule has 0 radical (unpaired) electrons. The molecular formula is C16H30N2. The van der Waals surface area contributed by atoms with Gasteiger partial charge in [-0.05, 0) is 77.9 Å². The van der Waals surface area contributed by atoms with Crippen LogP contribution in [0.15, 0.2) is 0 Å². The molecular weight excluding hydrogens is 220 g/mol. The van der Waals surface area contributed by atoms with Gasteiger partial charge < -0.3 is 0 Å². The van der Waals surface area contributed by atoms with E-state index < -0.39 is 0 Å². The first-order valence-corrected chi connectivity index (χ1v) is 7.98. The third-order valence-corrected chi connectivity index (χ3v) is 5.83. The van der Waals surface area contributed by atoms with Crippen LogP contribution in [-0.4, -0.2) is 47.6 Å². The van der Waals surface area contributed by atoms with Gasteiger partial charge in [0.2, 0.25) is 0 Å². The van der Waals surface area contributed by atoms with Gasteiger partial charge in [-0.2, -0.15) is 0 Å². The molecule has 3 fully saturated rings. The normalized spacial score (nSPS) is 30.8. The lowest BCUT2D eigenvalue weighted by molar-refractivity contribution is 0.0398. The minimum absolute atomic E-state index is 0.369. The molecule has 1 spiro atoms. The summed E-state index contributed by atoms with van der Waals surface area (Å²) in [5.74, 6) is 0. The topological polar surface area (TPSA) is 6.48 Å². The highest BCUT2D eigenvalue weighted by Crippen LogP contribution is 2.44. The van der Waals surface area contributed by atoms with Crippen molar-refractivity contribution in [1.82, 2.24) is 9.80 Å². The smallest absolute Gasteiger partial charge is 0.0125 e. The predicted octanol–water partition coefficient (Wildman–Crippen LogP) is 3.13. The molecule has 0 amide bonds. The second kappa shape index (κ2) is 4.49. The lowest BCUT2D eigenvalue weighted by Gasteiger charge is -2.45. The van der Waals surface area contributed by atoms with Gasteiger partial charge in [0.05, 0.1) is 0 Å². The highest BCUT2D eigenvalue weighted by atomic mass is 15.2. The summed E-state index contributed by atoms with van der Waals surface area (Å²) in [5.41, 5.74) is 1.06. The molecule has 3 rings (SSSR count). The number of likely N-dealkylation sites (tertiary alicyclic amines) is 2. The predicted molar refractivity (Wildman–Crippen MR) is 76.8 cm³/mol. The summed E-state index contributed by atoms with van der Waals surface area (Å²) >= 11 is 0. The fourth-order valence-corrected chi connectivity index (χ4v) is 4.09. The average molecular weight is 250 g/mol. The quantitative estimate of drug-likeness (QED) is 0.705. The maximum atomic E-state index is 2.82. The van der Waals surface area contributed by atoms with Crippen molar-refractivity contribution in [2.24, 2.45) is 5.41 Å². The molecule has 2 nitrogen and oxygen atoms in total. The van der Waals surface area contributed by atoms with Crippen LogP contribution >= 0.6 is 0 Å². The highest BCUT2D eigenvalue weighted by Gasteiger charge is 2.44. The molecule has 0 unspecified atom stereocenters. The van der Waals surface area contributed by atoms with Crippen LogP contribution < -0.4 is 0 Å². The van der Waals surface area contributed by atoms with Crippen molar-refractivity contribution in [2.75, 3.05) is 26.2 Å². The van der Waals surface area contributed by atoms with Crippen LogP contribution in [0.2, 0.25) is 0 Å². The number of hydrogen-bond acceptors (Lipinski definition) is 2. The molecule has 3 aliphatic rings. The van der Waals surface area contributed by atoms with Gasteiger partial charge >= 0.3 is 0 Å². The van der Waals surface area contributed by atoms with E-state index in [4.69, 9.17) is 0 Å². The van der Waals surface area contributed by atoms with E-state index in [0.29, 0.717) is 11.0 Å². The molecule has 1 aliphatic carbocycles. The van der Waals surface area contributed by atoms with E-state index in [1.54, 1.807) is 0 Å². The molecule has 2 aliphatic heterocycles. The summed E-state index contributed by atoms with van der Waals surface area (Å²) in [7, 11) is 0. The summed E-state index contributed by atoms with van der Waals surface area (Å²) in [4.78, 5) is 5.50. The van der Waals surface area contributed by atoms with Crippen molar-refractivity contribution in [3.63, 3.8) is 0 Å². The van der Waals surface area contributed by atoms with Crippen LogP contribution in [0.4, 0.5) is 0 Å². The van der Waals surface area contributed by atoms with E-state index in [1.165, 1.54) is 64.7 Å². The van der Waals surface area contributed by atoms with Gasteiger partial charge in [0.15, 0.2) is 0 Å². The Bertz CT molecular complexity index is 293. The Morgan fingerprint density at radius 1 is 0.944 bits per heavy atom. The molecule has 2 saturated heterocycles. The second-order valence-corrected chi connectivity index (χ2v) is 7.96. The van der Waals surface area contributed by atoms with Gasteiger partial charge in [-0.25, -0.2) is 0 Å². The molecule has 0 bridgehead atoms. The number of hydrogen-bond donors (Lipinski definition) is 0. The monoisotopic (exact) mass is 250 g/mol. The SMILES string of the molecule is CC(C)(C)N1CCC2(CCN(C3CCC3)C2)CC1. The molecule has 0 aromatic heterocycles. The molecule has 1 saturated carbocycles. The molecule has 18 heavy (non-hydrogen) atoms. The van der Waals surface area contributed by atoms with Crippen LogP contribution in [-0.2, 0) is 0 Å². The number of piperidine rings is 1. The van der Waals surface area contributed by atoms with E-state index in [1.807, 2.05) is 0 Å². The van der Waals surface area contributed by atoms with Crippen LogP contribution in [0.25, 0.3) is 0 Å². The first kappa shape index (κ1) is 12.9. The van der Waals surface area contributed by atoms with Crippen molar-refractivity contribution in [3.8, 4) is 0 Å². The van der Waals surface area contributed by atoms with E-state index in [2.05, 4.69) is 30.6 Å². The molecule has 104 valence electrons. The van der Waals surface area contributed by atoms with Crippen molar-refractivity contribution in [2.45, 2.75) is 70.9 Å². The zero-order chi connectivity index (χ0) is 12.8. The Balaban J connectivity index is 1.56. The van der Waals surface area contributed by atoms with Gasteiger partial charge in [-0.1, -0.05) is 6.42 Å². The Labute approximate surface area is 113 Å². The van der Waals surface area contributed by atoms with Crippen molar-refractivity contribution >= 4 is 0 Å². The fourth-order valence-electron chi connectivity index (χ4n) is 4.09. The summed E-state index contributed by atoms with van der Waals surface area (Å²) in [6.45, 7) is 12.5. The zero-order valence-electron chi connectivity index (χ0n) is 12.5.